The summed E-state index contributed by atoms with van der Waals surface area (Å²) in [5, 5.41) is 3.36. The van der Waals surface area contributed by atoms with Crippen LogP contribution in [-0.4, -0.2) is 47.0 Å². The molecule has 0 aliphatic carbocycles. The molecule has 0 atom stereocenters. The second kappa shape index (κ2) is 8.31. The van der Waals surface area contributed by atoms with Gasteiger partial charge in [-0.15, -0.1) is 0 Å². The van der Waals surface area contributed by atoms with Crippen molar-refractivity contribution in [3.63, 3.8) is 0 Å². The number of hydrogen-bond acceptors (Lipinski definition) is 5. The average Bonchev–Trinajstić information content (AvgIpc) is 2.75. The summed E-state index contributed by atoms with van der Waals surface area (Å²) in [5.74, 6) is 1.56. The molecule has 2 aromatic carbocycles. The van der Waals surface area contributed by atoms with Crippen molar-refractivity contribution in [2.75, 3.05) is 36.4 Å². The standard InChI is InChI=1S/C23H25N5O/c1-17-8-10-20(11-9-17)25-21-16-18(2)24-23(26-21)28-14-12-27(13-15-28)22(29)19-6-4-3-5-7-19/h3-11,16H,12-15H2,1-2H3,(H,24,25,26). The number of carbonyl (C=O) groups excluding carboxylic acids is 1. The first-order valence-corrected chi connectivity index (χ1v) is 9.87. The zero-order valence-electron chi connectivity index (χ0n) is 16.8. The molecule has 2 heterocycles. The minimum atomic E-state index is 0.0807. The van der Waals surface area contributed by atoms with Crippen molar-refractivity contribution < 1.29 is 4.79 Å². The third kappa shape index (κ3) is 4.54. The van der Waals surface area contributed by atoms with Crippen LogP contribution in [0.4, 0.5) is 17.5 Å². The summed E-state index contributed by atoms with van der Waals surface area (Å²) >= 11 is 0. The van der Waals surface area contributed by atoms with E-state index in [4.69, 9.17) is 4.98 Å². The fourth-order valence-electron chi connectivity index (χ4n) is 3.42. The van der Waals surface area contributed by atoms with Crippen molar-refractivity contribution in [2.24, 2.45) is 0 Å². The van der Waals surface area contributed by atoms with Crippen LogP contribution in [0.15, 0.2) is 60.7 Å². The van der Waals surface area contributed by atoms with Gasteiger partial charge in [0.05, 0.1) is 0 Å². The number of nitrogens with one attached hydrogen (secondary N) is 1. The highest BCUT2D eigenvalue weighted by atomic mass is 16.2. The number of aryl methyl sites for hydroxylation is 2. The van der Waals surface area contributed by atoms with Gasteiger partial charge in [0.25, 0.3) is 5.91 Å². The van der Waals surface area contributed by atoms with E-state index in [0.29, 0.717) is 32.1 Å². The molecule has 6 heteroatoms. The van der Waals surface area contributed by atoms with Gasteiger partial charge in [0, 0.05) is 49.2 Å². The molecule has 1 fully saturated rings. The molecule has 0 saturated carbocycles. The topological polar surface area (TPSA) is 61.4 Å². The first-order valence-electron chi connectivity index (χ1n) is 9.87. The highest BCUT2D eigenvalue weighted by Crippen LogP contribution is 2.20. The van der Waals surface area contributed by atoms with Crippen LogP contribution in [0.25, 0.3) is 0 Å². The van der Waals surface area contributed by atoms with E-state index in [2.05, 4.69) is 34.3 Å². The number of nitrogens with zero attached hydrogens (tertiary/aromatic N) is 4. The maximum atomic E-state index is 12.6. The smallest absolute Gasteiger partial charge is 0.253 e. The normalized spacial score (nSPS) is 14.0. The number of hydrogen-bond donors (Lipinski definition) is 1. The van der Waals surface area contributed by atoms with Crippen LogP contribution < -0.4 is 10.2 Å². The van der Waals surface area contributed by atoms with Crippen molar-refractivity contribution in [2.45, 2.75) is 13.8 Å². The third-order valence-electron chi connectivity index (χ3n) is 5.04. The highest BCUT2D eigenvalue weighted by Gasteiger charge is 2.23. The fraction of sp³-hybridized carbons (Fsp3) is 0.261. The lowest BCUT2D eigenvalue weighted by Crippen LogP contribution is -2.49. The minimum absolute atomic E-state index is 0.0807. The van der Waals surface area contributed by atoms with Crippen molar-refractivity contribution in [3.05, 3.63) is 77.5 Å². The molecule has 1 aliphatic heterocycles. The van der Waals surface area contributed by atoms with E-state index in [1.165, 1.54) is 5.56 Å². The van der Waals surface area contributed by atoms with Gasteiger partial charge in [0.1, 0.15) is 5.82 Å². The monoisotopic (exact) mass is 387 g/mol. The first kappa shape index (κ1) is 18.9. The van der Waals surface area contributed by atoms with Crippen LogP contribution in [0.2, 0.25) is 0 Å². The van der Waals surface area contributed by atoms with Crippen molar-refractivity contribution in [1.29, 1.82) is 0 Å². The van der Waals surface area contributed by atoms with E-state index in [1.54, 1.807) is 0 Å². The SMILES string of the molecule is Cc1ccc(Nc2cc(C)nc(N3CCN(C(=O)c4ccccc4)CC3)n2)cc1. The van der Waals surface area contributed by atoms with Crippen molar-refractivity contribution in [3.8, 4) is 0 Å². The highest BCUT2D eigenvalue weighted by molar-refractivity contribution is 5.94. The molecule has 0 radical (unpaired) electrons. The lowest BCUT2D eigenvalue weighted by atomic mass is 10.2. The Bertz CT molecular complexity index is 980. The molecule has 3 aromatic rings. The summed E-state index contributed by atoms with van der Waals surface area (Å²) in [6.45, 7) is 6.79. The number of benzene rings is 2. The molecule has 6 nitrogen and oxygen atoms in total. The molecule has 1 aromatic heterocycles. The Kier molecular flexibility index (Phi) is 5.42. The van der Waals surface area contributed by atoms with E-state index in [0.717, 1.165) is 22.8 Å². The van der Waals surface area contributed by atoms with Crippen molar-refractivity contribution in [1.82, 2.24) is 14.9 Å². The molecule has 4 rings (SSSR count). The van der Waals surface area contributed by atoms with E-state index in [-0.39, 0.29) is 5.91 Å². The van der Waals surface area contributed by atoms with Gasteiger partial charge >= 0.3 is 0 Å². The molecule has 0 unspecified atom stereocenters. The third-order valence-corrected chi connectivity index (χ3v) is 5.04. The van der Waals surface area contributed by atoms with Crippen molar-refractivity contribution >= 4 is 23.4 Å². The Labute approximate surface area is 171 Å². The van der Waals surface area contributed by atoms with Gasteiger partial charge in [-0.1, -0.05) is 35.9 Å². The number of amides is 1. The van der Waals surface area contributed by atoms with Gasteiger partial charge < -0.3 is 15.1 Å². The first-order chi connectivity index (χ1) is 14.1. The van der Waals surface area contributed by atoms with Crippen LogP contribution in [0, 0.1) is 13.8 Å². The molecule has 1 saturated heterocycles. The molecule has 1 amide bonds. The molecule has 1 aliphatic rings. The molecule has 0 bridgehead atoms. The predicted molar refractivity (Wildman–Crippen MR) is 116 cm³/mol. The Balaban J connectivity index is 1.43. The summed E-state index contributed by atoms with van der Waals surface area (Å²) in [4.78, 5) is 26.0. The maximum Gasteiger partial charge on any atom is 0.253 e. The van der Waals surface area contributed by atoms with Crippen LogP contribution in [0.1, 0.15) is 21.6 Å². The van der Waals surface area contributed by atoms with Gasteiger partial charge in [0.15, 0.2) is 0 Å². The Morgan fingerprint density at radius 1 is 0.897 bits per heavy atom. The number of piperazine rings is 1. The molecule has 29 heavy (non-hydrogen) atoms. The zero-order chi connectivity index (χ0) is 20.2. The predicted octanol–water partition coefficient (Wildman–Crippen LogP) is 3.80. The Morgan fingerprint density at radius 2 is 1.59 bits per heavy atom. The lowest BCUT2D eigenvalue weighted by molar-refractivity contribution is 0.0746. The fourth-order valence-corrected chi connectivity index (χ4v) is 3.42. The average molecular weight is 387 g/mol. The summed E-state index contributed by atoms with van der Waals surface area (Å²) in [6.07, 6.45) is 0. The number of rotatable bonds is 4. The number of aromatic nitrogens is 2. The van der Waals surface area contributed by atoms with E-state index in [1.807, 2.05) is 60.4 Å². The quantitative estimate of drug-likeness (QED) is 0.738. The minimum Gasteiger partial charge on any atom is -0.340 e. The molecular formula is C23H25N5O. The van der Waals surface area contributed by atoms with Crippen LogP contribution in [0.3, 0.4) is 0 Å². The summed E-state index contributed by atoms with van der Waals surface area (Å²) < 4.78 is 0. The van der Waals surface area contributed by atoms with E-state index >= 15 is 0 Å². The Morgan fingerprint density at radius 3 is 2.28 bits per heavy atom. The summed E-state index contributed by atoms with van der Waals surface area (Å²) in [6, 6.07) is 19.6. The number of anilines is 3. The largest absolute Gasteiger partial charge is 0.340 e. The molecule has 0 spiro atoms. The molecule has 148 valence electrons. The van der Waals surface area contributed by atoms with Gasteiger partial charge in [-0.25, -0.2) is 4.98 Å². The molecule has 1 N–H and O–H groups in total. The van der Waals surface area contributed by atoms with Gasteiger partial charge in [0.2, 0.25) is 5.95 Å². The van der Waals surface area contributed by atoms with E-state index in [9.17, 15) is 4.79 Å². The van der Waals surface area contributed by atoms with Gasteiger partial charge in [-0.05, 0) is 38.1 Å². The van der Waals surface area contributed by atoms with Crippen LogP contribution in [0.5, 0.6) is 0 Å². The number of carbonyl (C=O) groups is 1. The molecular weight excluding hydrogens is 362 g/mol. The van der Waals surface area contributed by atoms with Gasteiger partial charge in [-0.2, -0.15) is 4.98 Å². The van der Waals surface area contributed by atoms with Crippen LogP contribution >= 0.6 is 0 Å². The van der Waals surface area contributed by atoms with Crippen LogP contribution in [-0.2, 0) is 0 Å². The zero-order valence-corrected chi connectivity index (χ0v) is 16.8. The second-order valence-corrected chi connectivity index (χ2v) is 7.33. The maximum absolute atomic E-state index is 12.6. The summed E-state index contributed by atoms with van der Waals surface area (Å²) in [5.41, 5.74) is 3.86. The van der Waals surface area contributed by atoms with Gasteiger partial charge in [-0.3, -0.25) is 4.79 Å². The second-order valence-electron chi connectivity index (χ2n) is 7.33. The summed E-state index contributed by atoms with van der Waals surface area (Å²) in [7, 11) is 0. The Hall–Kier alpha value is -3.41. The van der Waals surface area contributed by atoms with E-state index < -0.39 is 0 Å². The lowest BCUT2D eigenvalue weighted by Gasteiger charge is -2.35.